The number of carbonyl (C=O) groups is 1. The first-order valence-electron chi connectivity index (χ1n) is 6.69. The summed E-state index contributed by atoms with van der Waals surface area (Å²) < 4.78 is 15.9. The SMILES string of the molecule is COc1cc(C#N)ccc1O[C@H](C)C(=O)NCc1ccco1. The van der Waals surface area contributed by atoms with Gasteiger partial charge < -0.3 is 19.2 Å². The number of furan rings is 1. The van der Waals surface area contributed by atoms with E-state index < -0.39 is 6.10 Å². The lowest BCUT2D eigenvalue weighted by Crippen LogP contribution is -2.35. The lowest BCUT2D eigenvalue weighted by Gasteiger charge is -2.16. The van der Waals surface area contributed by atoms with E-state index >= 15 is 0 Å². The summed E-state index contributed by atoms with van der Waals surface area (Å²) in [5.74, 6) is 1.20. The highest BCUT2D eigenvalue weighted by Gasteiger charge is 2.17. The molecule has 0 spiro atoms. The van der Waals surface area contributed by atoms with Crippen molar-refractivity contribution in [2.24, 2.45) is 0 Å². The van der Waals surface area contributed by atoms with Gasteiger partial charge in [-0.15, -0.1) is 0 Å². The molecule has 6 nitrogen and oxygen atoms in total. The molecule has 2 rings (SSSR count). The first kappa shape index (κ1) is 15.4. The number of rotatable bonds is 6. The number of nitrogens with one attached hydrogen (secondary N) is 1. The smallest absolute Gasteiger partial charge is 0.261 e. The van der Waals surface area contributed by atoms with Crippen LogP contribution in [0.25, 0.3) is 0 Å². The van der Waals surface area contributed by atoms with Gasteiger partial charge in [0.15, 0.2) is 17.6 Å². The van der Waals surface area contributed by atoms with E-state index in [1.165, 1.54) is 7.11 Å². The van der Waals surface area contributed by atoms with E-state index in [1.54, 1.807) is 43.5 Å². The van der Waals surface area contributed by atoms with Gasteiger partial charge in [-0.3, -0.25) is 4.79 Å². The Balaban J connectivity index is 1.97. The molecular weight excluding hydrogens is 284 g/mol. The molecule has 0 aliphatic rings. The molecule has 0 saturated heterocycles. The molecule has 1 N–H and O–H groups in total. The number of nitriles is 1. The molecule has 1 amide bonds. The molecular formula is C16H16N2O4. The van der Waals surface area contributed by atoms with Crippen molar-refractivity contribution in [3.63, 3.8) is 0 Å². The van der Waals surface area contributed by atoms with Gasteiger partial charge in [0.1, 0.15) is 5.76 Å². The van der Waals surface area contributed by atoms with Crippen LogP contribution in [-0.2, 0) is 11.3 Å². The van der Waals surface area contributed by atoms with Crippen LogP contribution in [0.1, 0.15) is 18.2 Å². The summed E-state index contributed by atoms with van der Waals surface area (Å²) in [6, 6.07) is 10.3. The van der Waals surface area contributed by atoms with E-state index in [9.17, 15) is 4.79 Å². The number of amides is 1. The minimum atomic E-state index is -0.711. The maximum Gasteiger partial charge on any atom is 0.261 e. The summed E-state index contributed by atoms with van der Waals surface area (Å²) in [7, 11) is 1.48. The highest BCUT2D eigenvalue weighted by atomic mass is 16.5. The summed E-state index contributed by atoms with van der Waals surface area (Å²) in [4.78, 5) is 12.0. The monoisotopic (exact) mass is 300 g/mol. The Morgan fingerprint density at radius 1 is 1.41 bits per heavy atom. The van der Waals surface area contributed by atoms with Gasteiger partial charge in [0, 0.05) is 6.07 Å². The molecule has 1 aromatic heterocycles. The van der Waals surface area contributed by atoms with Crippen LogP contribution in [-0.4, -0.2) is 19.1 Å². The predicted octanol–water partition coefficient (Wildman–Crippen LogP) is 2.24. The summed E-state index contributed by atoms with van der Waals surface area (Å²) >= 11 is 0. The minimum Gasteiger partial charge on any atom is -0.493 e. The van der Waals surface area contributed by atoms with Crippen molar-refractivity contribution >= 4 is 5.91 Å². The van der Waals surface area contributed by atoms with Crippen LogP contribution < -0.4 is 14.8 Å². The number of methoxy groups -OCH3 is 1. The van der Waals surface area contributed by atoms with Crippen molar-refractivity contribution in [2.45, 2.75) is 19.6 Å². The summed E-state index contributed by atoms with van der Waals surface area (Å²) in [5.41, 5.74) is 0.458. The maximum absolute atomic E-state index is 12.0. The van der Waals surface area contributed by atoms with Crippen LogP contribution in [0.4, 0.5) is 0 Å². The minimum absolute atomic E-state index is 0.275. The fraction of sp³-hybridized carbons (Fsp3) is 0.250. The second-order valence-electron chi connectivity index (χ2n) is 4.53. The van der Waals surface area contributed by atoms with Crippen molar-refractivity contribution < 1.29 is 18.7 Å². The van der Waals surface area contributed by atoms with Gasteiger partial charge in [-0.05, 0) is 31.2 Å². The zero-order valence-electron chi connectivity index (χ0n) is 12.3. The molecule has 1 atom stereocenters. The number of hydrogen-bond acceptors (Lipinski definition) is 5. The summed E-state index contributed by atoms with van der Waals surface area (Å²) in [6.45, 7) is 1.93. The first-order valence-corrected chi connectivity index (χ1v) is 6.69. The Bertz CT molecular complexity index is 674. The first-order chi connectivity index (χ1) is 10.6. The molecule has 0 fully saturated rings. The van der Waals surface area contributed by atoms with Gasteiger partial charge in [0.2, 0.25) is 0 Å². The Hall–Kier alpha value is -2.94. The van der Waals surface area contributed by atoms with Crippen LogP contribution in [0, 0.1) is 11.3 Å². The van der Waals surface area contributed by atoms with E-state index in [1.807, 2.05) is 6.07 Å². The van der Waals surface area contributed by atoms with Crippen LogP contribution >= 0.6 is 0 Å². The molecule has 0 bridgehead atoms. The van der Waals surface area contributed by atoms with Gasteiger partial charge in [-0.1, -0.05) is 0 Å². The maximum atomic E-state index is 12.0. The van der Waals surface area contributed by atoms with Crippen molar-refractivity contribution in [1.29, 1.82) is 5.26 Å². The van der Waals surface area contributed by atoms with E-state index in [4.69, 9.17) is 19.2 Å². The quantitative estimate of drug-likeness (QED) is 0.884. The fourth-order valence-corrected chi connectivity index (χ4v) is 1.81. The summed E-state index contributed by atoms with van der Waals surface area (Å²) in [5, 5.41) is 11.6. The number of benzene rings is 1. The Labute approximate surface area is 128 Å². The molecule has 114 valence electrons. The molecule has 0 aliphatic carbocycles. The van der Waals surface area contributed by atoms with Gasteiger partial charge in [0.05, 0.1) is 31.6 Å². The van der Waals surface area contributed by atoms with Crippen molar-refractivity contribution in [3.05, 3.63) is 47.9 Å². The normalized spacial score (nSPS) is 11.3. The van der Waals surface area contributed by atoms with Crippen molar-refractivity contribution in [2.75, 3.05) is 7.11 Å². The van der Waals surface area contributed by atoms with Gasteiger partial charge >= 0.3 is 0 Å². The van der Waals surface area contributed by atoms with Gasteiger partial charge in [-0.2, -0.15) is 5.26 Å². The van der Waals surface area contributed by atoms with Crippen molar-refractivity contribution in [3.8, 4) is 17.6 Å². The zero-order chi connectivity index (χ0) is 15.9. The van der Waals surface area contributed by atoms with E-state index in [0.717, 1.165) is 0 Å². The Kier molecular flexibility index (Phi) is 5.04. The van der Waals surface area contributed by atoms with Crippen LogP contribution in [0.2, 0.25) is 0 Å². The third-order valence-corrected chi connectivity index (χ3v) is 2.98. The zero-order valence-corrected chi connectivity index (χ0v) is 12.3. The lowest BCUT2D eigenvalue weighted by atomic mass is 10.2. The van der Waals surface area contributed by atoms with Crippen molar-refractivity contribution in [1.82, 2.24) is 5.32 Å². The molecule has 22 heavy (non-hydrogen) atoms. The van der Waals surface area contributed by atoms with Gasteiger partial charge in [-0.25, -0.2) is 0 Å². The molecule has 6 heteroatoms. The van der Waals surface area contributed by atoms with E-state index in [2.05, 4.69) is 5.32 Å². The standard InChI is InChI=1S/C16H16N2O4/c1-11(16(19)18-10-13-4-3-7-21-13)22-14-6-5-12(9-17)8-15(14)20-2/h3-8,11H,10H2,1-2H3,(H,18,19)/t11-/m1/s1. The second-order valence-corrected chi connectivity index (χ2v) is 4.53. The van der Waals surface area contributed by atoms with Crippen LogP contribution in [0.15, 0.2) is 41.0 Å². The molecule has 2 aromatic rings. The van der Waals surface area contributed by atoms with E-state index in [-0.39, 0.29) is 5.91 Å². The molecule has 0 unspecified atom stereocenters. The van der Waals surface area contributed by atoms with E-state index in [0.29, 0.717) is 29.4 Å². The largest absolute Gasteiger partial charge is 0.493 e. The van der Waals surface area contributed by atoms with Crippen LogP contribution in [0.5, 0.6) is 11.5 Å². The molecule has 1 heterocycles. The molecule has 0 radical (unpaired) electrons. The predicted molar refractivity (Wildman–Crippen MR) is 78.4 cm³/mol. The molecule has 0 saturated carbocycles. The average Bonchev–Trinajstić information content (AvgIpc) is 3.06. The lowest BCUT2D eigenvalue weighted by molar-refractivity contribution is -0.127. The van der Waals surface area contributed by atoms with Gasteiger partial charge in [0.25, 0.3) is 5.91 Å². The summed E-state index contributed by atoms with van der Waals surface area (Å²) in [6.07, 6.45) is 0.833. The molecule has 0 aliphatic heterocycles. The number of carbonyl (C=O) groups excluding carboxylic acids is 1. The number of hydrogen-bond donors (Lipinski definition) is 1. The Morgan fingerprint density at radius 3 is 2.86 bits per heavy atom. The topological polar surface area (TPSA) is 84.5 Å². The average molecular weight is 300 g/mol. The third kappa shape index (κ3) is 3.79. The molecule has 1 aromatic carbocycles. The Morgan fingerprint density at radius 2 is 2.23 bits per heavy atom. The highest BCUT2D eigenvalue weighted by molar-refractivity contribution is 5.80. The highest BCUT2D eigenvalue weighted by Crippen LogP contribution is 2.28. The number of ether oxygens (including phenoxy) is 2. The van der Waals surface area contributed by atoms with Crippen LogP contribution in [0.3, 0.4) is 0 Å². The fourth-order valence-electron chi connectivity index (χ4n) is 1.81. The third-order valence-electron chi connectivity index (χ3n) is 2.98. The number of nitrogens with zero attached hydrogens (tertiary/aromatic N) is 1. The second kappa shape index (κ2) is 7.18.